The molecule has 0 aliphatic rings. The third-order valence-corrected chi connectivity index (χ3v) is 3.48. The van der Waals surface area contributed by atoms with E-state index >= 15 is 0 Å². The van der Waals surface area contributed by atoms with E-state index < -0.39 is 0 Å². The second kappa shape index (κ2) is 5.73. The Labute approximate surface area is 131 Å². The second-order valence-electron chi connectivity index (χ2n) is 4.31. The number of hydrazine groups is 1. The highest BCUT2D eigenvalue weighted by Gasteiger charge is 2.09. The maximum Gasteiger partial charge on any atom is 0.239 e. The molecule has 3 aromatic rings. The molecule has 0 amide bonds. The van der Waals surface area contributed by atoms with Gasteiger partial charge in [0.2, 0.25) is 5.95 Å². The highest BCUT2D eigenvalue weighted by molar-refractivity contribution is 6.35. The van der Waals surface area contributed by atoms with Crippen molar-refractivity contribution in [2.24, 2.45) is 5.84 Å². The minimum absolute atomic E-state index is 0.314. The summed E-state index contributed by atoms with van der Waals surface area (Å²) in [4.78, 5) is 8.62. The molecule has 2 aromatic carbocycles. The minimum Gasteiger partial charge on any atom is -0.338 e. The molecule has 1 aromatic heterocycles. The fourth-order valence-electron chi connectivity index (χ4n) is 1.96. The first kappa shape index (κ1) is 13.9. The zero-order chi connectivity index (χ0) is 14.8. The Morgan fingerprint density at radius 1 is 1.00 bits per heavy atom. The van der Waals surface area contributed by atoms with Crippen LogP contribution in [-0.2, 0) is 0 Å². The molecule has 0 aliphatic carbocycles. The number of aromatic nitrogens is 2. The lowest BCUT2D eigenvalue weighted by molar-refractivity contribution is 1.15. The van der Waals surface area contributed by atoms with E-state index in [9.17, 15) is 0 Å². The summed E-state index contributed by atoms with van der Waals surface area (Å²) in [6.07, 6.45) is 0. The van der Waals surface area contributed by atoms with Crippen molar-refractivity contribution in [2.45, 2.75) is 0 Å². The van der Waals surface area contributed by atoms with Gasteiger partial charge in [0.1, 0.15) is 5.82 Å². The van der Waals surface area contributed by atoms with Crippen LogP contribution in [-0.4, -0.2) is 9.97 Å². The first-order chi connectivity index (χ1) is 10.2. The van der Waals surface area contributed by atoms with Crippen LogP contribution < -0.4 is 16.6 Å². The van der Waals surface area contributed by atoms with E-state index in [1.54, 1.807) is 18.2 Å². The van der Waals surface area contributed by atoms with Crippen LogP contribution in [0.2, 0.25) is 10.0 Å². The van der Waals surface area contributed by atoms with Gasteiger partial charge in [0, 0.05) is 10.4 Å². The van der Waals surface area contributed by atoms with Gasteiger partial charge in [-0.15, -0.1) is 0 Å². The first-order valence-electron chi connectivity index (χ1n) is 6.13. The smallest absolute Gasteiger partial charge is 0.239 e. The molecule has 106 valence electrons. The molecule has 7 heteroatoms. The largest absolute Gasteiger partial charge is 0.338 e. The summed E-state index contributed by atoms with van der Waals surface area (Å²) >= 11 is 12.2. The Bertz CT molecular complexity index is 806. The lowest BCUT2D eigenvalue weighted by Gasteiger charge is -2.11. The van der Waals surface area contributed by atoms with Crippen LogP contribution in [0, 0.1) is 0 Å². The summed E-state index contributed by atoms with van der Waals surface area (Å²) in [6.45, 7) is 0. The van der Waals surface area contributed by atoms with Crippen molar-refractivity contribution < 1.29 is 0 Å². The Morgan fingerprint density at radius 2 is 1.81 bits per heavy atom. The zero-order valence-corrected chi connectivity index (χ0v) is 12.3. The number of nitrogens with zero attached hydrogens (tertiary/aromatic N) is 2. The molecule has 0 spiro atoms. The van der Waals surface area contributed by atoms with Gasteiger partial charge in [-0.3, -0.25) is 5.43 Å². The summed E-state index contributed by atoms with van der Waals surface area (Å²) in [5, 5.41) is 5.15. The topological polar surface area (TPSA) is 75.9 Å². The molecule has 0 bridgehead atoms. The van der Waals surface area contributed by atoms with Crippen LogP contribution in [0.1, 0.15) is 0 Å². The van der Waals surface area contributed by atoms with Gasteiger partial charge in [-0.2, -0.15) is 4.98 Å². The quantitative estimate of drug-likeness (QED) is 0.503. The van der Waals surface area contributed by atoms with Gasteiger partial charge >= 0.3 is 0 Å². The highest BCUT2D eigenvalue weighted by atomic mass is 35.5. The molecular weight excluding hydrogens is 309 g/mol. The number of para-hydroxylation sites is 1. The van der Waals surface area contributed by atoms with Crippen molar-refractivity contribution in [2.75, 3.05) is 10.7 Å². The fraction of sp³-hybridized carbons (Fsp3) is 0. The average Bonchev–Trinajstić information content (AvgIpc) is 2.50. The monoisotopic (exact) mass is 319 g/mol. The van der Waals surface area contributed by atoms with Gasteiger partial charge in [0.15, 0.2) is 0 Å². The number of nitrogens with one attached hydrogen (secondary N) is 2. The highest BCUT2D eigenvalue weighted by Crippen LogP contribution is 2.30. The van der Waals surface area contributed by atoms with E-state index in [2.05, 4.69) is 20.7 Å². The molecule has 0 radical (unpaired) electrons. The maximum absolute atomic E-state index is 6.17. The molecule has 4 N–H and O–H groups in total. The summed E-state index contributed by atoms with van der Waals surface area (Å²) in [5.41, 5.74) is 3.88. The van der Waals surface area contributed by atoms with Crippen molar-refractivity contribution in [1.82, 2.24) is 9.97 Å². The van der Waals surface area contributed by atoms with Gasteiger partial charge < -0.3 is 5.32 Å². The number of halogens is 2. The Kier molecular flexibility index (Phi) is 3.79. The lowest BCUT2D eigenvalue weighted by Crippen LogP contribution is -2.11. The zero-order valence-electron chi connectivity index (χ0n) is 10.8. The molecule has 5 nitrogen and oxygen atoms in total. The summed E-state index contributed by atoms with van der Waals surface area (Å²) < 4.78 is 0. The molecule has 1 heterocycles. The first-order valence-corrected chi connectivity index (χ1v) is 6.88. The van der Waals surface area contributed by atoms with Gasteiger partial charge in [-0.05, 0) is 30.3 Å². The summed E-state index contributed by atoms with van der Waals surface area (Å²) in [5.74, 6) is 6.32. The lowest BCUT2D eigenvalue weighted by atomic mass is 10.2. The predicted octanol–water partition coefficient (Wildman–Crippen LogP) is 3.97. The maximum atomic E-state index is 6.17. The van der Waals surface area contributed by atoms with Crippen molar-refractivity contribution in [3.05, 3.63) is 52.5 Å². The van der Waals surface area contributed by atoms with Crippen LogP contribution >= 0.6 is 23.2 Å². The number of anilines is 3. The van der Waals surface area contributed by atoms with Gasteiger partial charge in [-0.25, -0.2) is 10.8 Å². The van der Waals surface area contributed by atoms with Crippen molar-refractivity contribution in [1.29, 1.82) is 0 Å². The second-order valence-corrected chi connectivity index (χ2v) is 5.15. The number of benzene rings is 2. The van der Waals surface area contributed by atoms with Crippen molar-refractivity contribution >= 4 is 51.6 Å². The third kappa shape index (κ3) is 2.85. The number of fused-ring (bicyclic) bond motifs is 1. The molecule has 0 aliphatic heterocycles. The van der Waals surface area contributed by atoms with Crippen LogP contribution in [0.3, 0.4) is 0 Å². The number of nitrogens with two attached hydrogens (primary N) is 1. The minimum atomic E-state index is 0.314. The van der Waals surface area contributed by atoms with Gasteiger partial charge in [-0.1, -0.05) is 35.3 Å². The number of hydrogen-bond acceptors (Lipinski definition) is 5. The molecule has 0 saturated carbocycles. The Morgan fingerprint density at radius 3 is 2.62 bits per heavy atom. The third-order valence-electron chi connectivity index (χ3n) is 2.91. The predicted molar refractivity (Wildman–Crippen MR) is 87.1 cm³/mol. The number of nitrogen functional groups attached to an aromatic ring is 1. The van der Waals surface area contributed by atoms with Crippen molar-refractivity contribution in [3.63, 3.8) is 0 Å². The molecular formula is C14H11Cl2N5. The standard InChI is InChI=1S/C14H11Cl2N5/c15-8-5-6-10(16)12(7-8)18-13-9-3-1-2-4-11(9)19-14(20-13)21-17/h1-7H,17H2,(H2,18,19,20,21). The van der Waals surface area contributed by atoms with E-state index in [4.69, 9.17) is 29.0 Å². The van der Waals surface area contributed by atoms with E-state index in [-0.39, 0.29) is 0 Å². The van der Waals surface area contributed by atoms with Gasteiger partial charge in [0.05, 0.1) is 16.2 Å². The fourth-order valence-corrected chi connectivity index (χ4v) is 2.29. The SMILES string of the molecule is NNc1nc(Nc2cc(Cl)ccc2Cl)c2ccccc2n1. The van der Waals surface area contributed by atoms with E-state index in [0.717, 1.165) is 10.9 Å². The molecule has 0 unspecified atom stereocenters. The molecule has 0 saturated heterocycles. The Balaban J connectivity index is 2.13. The van der Waals surface area contributed by atoms with Gasteiger partial charge in [0.25, 0.3) is 0 Å². The van der Waals surface area contributed by atoms with E-state index in [0.29, 0.717) is 27.5 Å². The number of hydrogen-bond donors (Lipinski definition) is 3. The van der Waals surface area contributed by atoms with E-state index in [1.165, 1.54) is 0 Å². The summed E-state index contributed by atoms with van der Waals surface area (Å²) in [7, 11) is 0. The Hall–Kier alpha value is -2.08. The summed E-state index contributed by atoms with van der Waals surface area (Å²) in [6, 6.07) is 12.8. The normalized spacial score (nSPS) is 10.6. The van der Waals surface area contributed by atoms with Crippen LogP contribution in [0.15, 0.2) is 42.5 Å². The van der Waals surface area contributed by atoms with E-state index in [1.807, 2.05) is 24.3 Å². The molecule has 0 atom stereocenters. The number of rotatable bonds is 3. The van der Waals surface area contributed by atoms with Crippen LogP contribution in [0.4, 0.5) is 17.5 Å². The average molecular weight is 320 g/mol. The van der Waals surface area contributed by atoms with Crippen LogP contribution in [0.25, 0.3) is 10.9 Å². The van der Waals surface area contributed by atoms with Crippen LogP contribution in [0.5, 0.6) is 0 Å². The molecule has 0 fully saturated rings. The molecule has 21 heavy (non-hydrogen) atoms. The van der Waals surface area contributed by atoms with Crippen molar-refractivity contribution in [3.8, 4) is 0 Å². The molecule has 3 rings (SSSR count).